The predicted molar refractivity (Wildman–Crippen MR) is 64.5 cm³/mol. The second-order valence-corrected chi connectivity index (χ2v) is 4.35. The fraction of sp³-hybridized carbons (Fsp3) is 0.250. The van der Waals surface area contributed by atoms with Crippen LogP contribution in [0.4, 0.5) is 0 Å². The number of benzene rings is 1. The molecule has 1 rings (SSSR count). The number of hydrogen-bond donors (Lipinski definition) is 0. The summed E-state index contributed by atoms with van der Waals surface area (Å²) in [7, 11) is 1.56. The van der Waals surface area contributed by atoms with Crippen molar-refractivity contribution < 1.29 is 9.53 Å². The molecule has 0 aliphatic rings. The van der Waals surface area contributed by atoms with Gasteiger partial charge in [-0.3, -0.25) is 4.79 Å². The summed E-state index contributed by atoms with van der Waals surface area (Å²) >= 11 is 3.33. The average molecular weight is 269 g/mol. The second kappa shape index (κ2) is 5.12. The Labute approximate surface area is 98.1 Å². The number of methoxy groups -OCH3 is 1. The molecule has 0 aliphatic carbocycles. The highest BCUT2D eigenvalue weighted by molar-refractivity contribution is 9.10. The molecule has 0 spiro atoms. The number of hydrogen-bond acceptors (Lipinski definition) is 2. The van der Waals surface area contributed by atoms with Crippen molar-refractivity contribution in [2.24, 2.45) is 0 Å². The number of ether oxygens (including phenoxy) is 1. The summed E-state index contributed by atoms with van der Waals surface area (Å²) in [6, 6.07) is 5.37. The quantitative estimate of drug-likeness (QED) is 0.619. The van der Waals surface area contributed by atoms with Gasteiger partial charge in [0.2, 0.25) is 0 Å². The van der Waals surface area contributed by atoms with E-state index in [0.29, 0.717) is 11.3 Å². The first-order valence-corrected chi connectivity index (χ1v) is 5.36. The molecule has 1 aromatic carbocycles. The summed E-state index contributed by atoms with van der Waals surface area (Å²) in [4.78, 5) is 11.8. The largest absolute Gasteiger partial charge is 0.496 e. The summed E-state index contributed by atoms with van der Waals surface area (Å²) in [5, 5.41) is 0. The molecule has 80 valence electrons. The molecular weight excluding hydrogens is 256 g/mol. The van der Waals surface area contributed by atoms with Crippen LogP contribution in [0.25, 0.3) is 0 Å². The van der Waals surface area contributed by atoms with Crippen LogP contribution in [0.15, 0.2) is 34.3 Å². The Bertz CT molecular complexity index is 404. The molecule has 0 atom stereocenters. The highest BCUT2D eigenvalue weighted by atomic mass is 79.9. The molecule has 1 aromatic rings. The minimum absolute atomic E-state index is 0.0284. The third kappa shape index (κ3) is 3.20. The standard InChI is InChI=1S/C12H13BrO2/c1-8(2)6-11(14)10-5-4-9(13)7-12(10)15-3/h4-7H,1-3H3. The first-order chi connectivity index (χ1) is 7.04. The van der Waals surface area contributed by atoms with E-state index < -0.39 is 0 Å². The minimum atomic E-state index is -0.0284. The van der Waals surface area contributed by atoms with Gasteiger partial charge in [0.15, 0.2) is 5.78 Å². The monoisotopic (exact) mass is 268 g/mol. The van der Waals surface area contributed by atoms with E-state index in [1.165, 1.54) is 0 Å². The van der Waals surface area contributed by atoms with Crippen LogP contribution in [-0.2, 0) is 0 Å². The van der Waals surface area contributed by atoms with Gasteiger partial charge in [0.25, 0.3) is 0 Å². The summed E-state index contributed by atoms with van der Waals surface area (Å²) in [5.74, 6) is 0.561. The van der Waals surface area contributed by atoms with E-state index in [1.807, 2.05) is 19.9 Å². The zero-order chi connectivity index (χ0) is 11.4. The fourth-order valence-electron chi connectivity index (χ4n) is 1.21. The number of carbonyl (C=O) groups excluding carboxylic acids is 1. The van der Waals surface area contributed by atoms with Crippen molar-refractivity contribution in [3.05, 3.63) is 39.9 Å². The molecule has 0 unspecified atom stereocenters. The normalized spacial score (nSPS) is 9.60. The molecule has 15 heavy (non-hydrogen) atoms. The Balaban J connectivity index is 3.14. The zero-order valence-corrected chi connectivity index (χ0v) is 10.6. The molecule has 0 saturated carbocycles. The zero-order valence-electron chi connectivity index (χ0n) is 9.00. The van der Waals surface area contributed by atoms with Crippen molar-refractivity contribution in [2.45, 2.75) is 13.8 Å². The first-order valence-electron chi connectivity index (χ1n) is 4.57. The first kappa shape index (κ1) is 12.0. The molecule has 0 heterocycles. The number of allylic oxidation sites excluding steroid dienone is 2. The molecular formula is C12H13BrO2. The maximum Gasteiger partial charge on any atom is 0.189 e. The lowest BCUT2D eigenvalue weighted by Crippen LogP contribution is -1.99. The third-order valence-electron chi connectivity index (χ3n) is 1.85. The molecule has 3 heteroatoms. The Hall–Kier alpha value is -1.09. The topological polar surface area (TPSA) is 26.3 Å². The molecule has 0 bridgehead atoms. The lowest BCUT2D eigenvalue weighted by atomic mass is 10.1. The maximum absolute atomic E-state index is 11.8. The van der Waals surface area contributed by atoms with Crippen molar-refractivity contribution in [1.82, 2.24) is 0 Å². The van der Waals surface area contributed by atoms with Crippen LogP contribution in [0.2, 0.25) is 0 Å². The summed E-state index contributed by atoms with van der Waals surface area (Å²) in [5.41, 5.74) is 1.56. The van der Waals surface area contributed by atoms with Crippen molar-refractivity contribution in [1.29, 1.82) is 0 Å². The van der Waals surface area contributed by atoms with E-state index in [0.717, 1.165) is 10.0 Å². The molecule has 0 fully saturated rings. The van der Waals surface area contributed by atoms with Gasteiger partial charge in [0, 0.05) is 4.47 Å². The number of halogens is 1. The molecule has 2 nitrogen and oxygen atoms in total. The van der Waals surface area contributed by atoms with Gasteiger partial charge < -0.3 is 4.74 Å². The van der Waals surface area contributed by atoms with Crippen LogP contribution >= 0.6 is 15.9 Å². The Kier molecular flexibility index (Phi) is 4.09. The van der Waals surface area contributed by atoms with E-state index in [-0.39, 0.29) is 5.78 Å². The van der Waals surface area contributed by atoms with Gasteiger partial charge in [-0.15, -0.1) is 0 Å². The number of ketones is 1. The third-order valence-corrected chi connectivity index (χ3v) is 2.34. The highest BCUT2D eigenvalue weighted by Gasteiger charge is 2.09. The van der Waals surface area contributed by atoms with Crippen LogP contribution in [-0.4, -0.2) is 12.9 Å². The highest BCUT2D eigenvalue weighted by Crippen LogP contribution is 2.24. The van der Waals surface area contributed by atoms with Gasteiger partial charge in [0.05, 0.1) is 12.7 Å². The van der Waals surface area contributed by atoms with Gasteiger partial charge in [0.1, 0.15) is 5.75 Å². The van der Waals surface area contributed by atoms with Crippen LogP contribution in [0.5, 0.6) is 5.75 Å². The molecule has 0 N–H and O–H groups in total. The van der Waals surface area contributed by atoms with E-state index in [2.05, 4.69) is 15.9 Å². The van der Waals surface area contributed by atoms with Gasteiger partial charge >= 0.3 is 0 Å². The second-order valence-electron chi connectivity index (χ2n) is 3.43. The van der Waals surface area contributed by atoms with Crippen LogP contribution in [0, 0.1) is 0 Å². The lowest BCUT2D eigenvalue weighted by molar-refractivity contribution is 0.104. The van der Waals surface area contributed by atoms with E-state index >= 15 is 0 Å². The van der Waals surface area contributed by atoms with Gasteiger partial charge in [-0.25, -0.2) is 0 Å². The summed E-state index contributed by atoms with van der Waals surface area (Å²) < 4.78 is 6.05. The Morgan fingerprint density at radius 3 is 2.60 bits per heavy atom. The molecule has 0 saturated heterocycles. The van der Waals surface area contributed by atoms with Gasteiger partial charge in [-0.2, -0.15) is 0 Å². The van der Waals surface area contributed by atoms with E-state index in [1.54, 1.807) is 25.3 Å². The van der Waals surface area contributed by atoms with Gasteiger partial charge in [-0.1, -0.05) is 21.5 Å². The minimum Gasteiger partial charge on any atom is -0.496 e. The number of rotatable bonds is 3. The average Bonchev–Trinajstić information content (AvgIpc) is 2.16. The van der Waals surface area contributed by atoms with Crippen LogP contribution in [0.1, 0.15) is 24.2 Å². The van der Waals surface area contributed by atoms with Crippen molar-refractivity contribution in [2.75, 3.05) is 7.11 Å². The lowest BCUT2D eigenvalue weighted by Gasteiger charge is -2.06. The summed E-state index contributed by atoms with van der Waals surface area (Å²) in [6.45, 7) is 3.78. The van der Waals surface area contributed by atoms with E-state index in [9.17, 15) is 4.79 Å². The molecule has 0 amide bonds. The molecule has 0 aromatic heterocycles. The van der Waals surface area contributed by atoms with E-state index in [4.69, 9.17) is 4.74 Å². The molecule has 0 radical (unpaired) electrons. The smallest absolute Gasteiger partial charge is 0.189 e. The Morgan fingerprint density at radius 1 is 1.40 bits per heavy atom. The fourth-order valence-corrected chi connectivity index (χ4v) is 1.55. The molecule has 0 aliphatic heterocycles. The van der Waals surface area contributed by atoms with Crippen molar-refractivity contribution in [3.8, 4) is 5.75 Å². The predicted octanol–water partition coefficient (Wildman–Crippen LogP) is 3.61. The number of carbonyl (C=O) groups is 1. The van der Waals surface area contributed by atoms with Crippen molar-refractivity contribution >= 4 is 21.7 Å². The maximum atomic E-state index is 11.8. The van der Waals surface area contributed by atoms with Gasteiger partial charge in [-0.05, 0) is 38.1 Å². The summed E-state index contributed by atoms with van der Waals surface area (Å²) in [6.07, 6.45) is 1.60. The SMILES string of the molecule is COc1cc(Br)ccc1C(=O)C=C(C)C. The van der Waals surface area contributed by atoms with Crippen LogP contribution in [0.3, 0.4) is 0 Å². The Morgan fingerprint density at radius 2 is 2.07 bits per heavy atom. The van der Waals surface area contributed by atoms with Crippen LogP contribution < -0.4 is 4.74 Å². The van der Waals surface area contributed by atoms with Crippen molar-refractivity contribution in [3.63, 3.8) is 0 Å².